The van der Waals surface area contributed by atoms with Crippen LogP contribution in [0, 0.1) is 0 Å². The molecule has 0 unspecified atom stereocenters. The highest BCUT2D eigenvalue weighted by atomic mass is 35.5. The number of benzene rings is 2. The first-order valence-corrected chi connectivity index (χ1v) is 8.47. The van der Waals surface area contributed by atoms with Gasteiger partial charge in [0, 0.05) is 42.8 Å². The van der Waals surface area contributed by atoms with Crippen LogP contribution in [0.15, 0.2) is 67.0 Å². The minimum Gasteiger partial charge on any atom is -0.350 e. The van der Waals surface area contributed by atoms with Gasteiger partial charge in [-0.05, 0) is 36.4 Å². The van der Waals surface area contributed by atoms with Crippen LogP contribution in [0.4, 0.5) is 5.69 Å². The molecule has 0 aliphatic carbocycles. The average Bonchev–Trinajstić information content (AvgIpc) is 3.10. The molecular formula is C20H18ClN3O. The zero-order chi connectivity index (χ0) is 17.6. The van der Waals surface area contributed by atoms with E-state index in [9.17, 15) is 4.79 Å². The number of amides is 1. The summed E-state index contributed by atoms with van der Waals surface area (Å²) in [5.74, 6) is 0.0363. The lowest BCUT2D eigenvalue weighted by atomic mass is 10.0. The average molecular weight is 352 g/mol. The van der Waals surface area contributed by atoms with E-state index in [1.807, 2.05) is 85.7 Å². The Hall–Kier alpha value is -2.72. The van der Waals surface area contributed by atoms with E-state index in [1.165, 1.54) is 0 Å². The van der Waals surface area contributed by atoms with E-state index in [1.54, 1.807) is 4.90 Å². The first-order chi connectivity index (χ1) is 12.1. The Morgan fingerprint density at radius 3 is 2.56 bits per heavy atom. The second-order valence-corrected chi connectivity index (χ2v) is 6.69. The van der Waals surface area contributed by atoms with Crippen LogP contribution in [0.1, 0.15) is 22.1 Å². The third kappa shape index (κ3) is 2.59. The minimum absolute atomic E-state index is 0.0363. The van der Waals surface area contributed by atoms with Gasteiger partial charge in [-0.1, -0.05) is 29.8 Å². The fourth-order valence-corrected chi connectivity index (χ4v) is 3.65. The Balaban J connectivity index is 1.74. The van der Waals surface area contributed by atoms with Crippen molar-refractivity contribution in [3.05, 3.63) is 83.1 Å². The summed E-state index contributed by atoms with van der Waals surface area (Å²) in [7, 11) is 3.86. The lowest BCUT2D eigenvalue weighted by Crippen LogP contribution is -2.45. The van der Waals surface area contributed by atoms with Crippen molar-refractivity contribution in [3.8, 4) is 5.69 Å². The van der Waals surface area contributed by atoms with Crippen LogP contribution in [0.25, 0.3) is 5.69 Å². The van der Waals surface area contributed by atoms with Crippen LogP contribution >= 0.6 is 11.6 Å². The number of nitrogens with zero attached hydrogens (tertiary/aromatic N) is 3. The maximum Gasteiger partial charge on any atom is 0.257 e. The van der Waals surface area contributed by atoms with Crippen LogP contribution in [0.3, 0.4) is 0 Å². The molecule has 4 rings (SSSR count). The molecule has 0 N–H and O–H groups in total. The van der Waals surface area contributed by atoms with Gasteiger partial charge < -0.3 is 14.4 Å². The fourth-order valence-electron chi connectivity index (χ4n) is 3.46. The molecule has 0 saturated carbocycles. The first-order valence-electron chi connectivity index (χ1n) is 8.09. The lowest BCUT2D eigenvalue weighted by molar-refractivity contribution is 0.0711. The molecule has 1 atom stereocenters. The second-order valence-electron chi connectivity index (χ2n) is 6.25. The SMILES string of the molecule is CN1C(=O)c2ccccc2N(C)[C@@H]1c1ccn(-c2cccc(Cl)c2)c1. The highest BCUT2D eigenvalue weighted by Gasteiger charge is 2.34. The second kappa shape index (κ2) is 5.97. The van der Waals surface area contributed by atoms with Crippen molar-refractivity contribution < 1.29 is 4.79 Å². The van der Waals surface area contributed by atoms with Crippen molar-refractivity contribution >= 4 is 23.2 Å². The van der Waals surface area contributed by atoms with Crippen LogP contribution in [0.2, 0.25) is 5.02 Å². The first kappa shape index (κ1) is 15.8. The van der Waals surface area contributed by atoms with Crippen LogP contribution < -0.4 is 4.90 Å². The zero-order valence-electron chi connectivity index (χ0n) is 14.1. The molecule has 25 heavy (non-hydrogen) atoms. The topological polar surface area (TPSA) is 28.5 Å². The summed E-state index contributed by atoms with van der Waals surface area (Å²) >= 11 is 6.10. The molecule has 1 amide bonds. The zero-order valence-corrected chi connectivity index (χ0v) is 14.8. The maximum atomic E-state index is 12.7. The number of fused-ring (bicyclic) bond motifs is 1. The smallest absolute Gasteiger partial charge is 0.257 e. The summed E-state index contributed by atoms with van der Waals surface area (Å²) in [6, 6.07) is 17.5. The Kier molecular flexibility index (Phi) is 3.77. The highest BCUT2D eigenvalue weighted by Crippen LogP contribution is 2.36. The predicted octanol–water partition coefficient (Wildman–Crippen LogP) is 4.35. The van der Waals surface area contributed by atoms with Gasteiger partial charge in [0.1, 0.15) is 6.17 Å². The molecular weight excluding hydrogens is 334 g/mol. The van der Waals surface area contributed by atoms with Crippen LogP contribution in [-0.2, 0) is 0 Å². The molecule has 0 fully saturated rings. The molecule has 0 spiro atoms. The molecule has 1 aliphatic rings. The van der Waals surface area contributed by atoms with E-state index < -0.39 is 0 Å². The van der Waals surface area contributed by atoms with Gasteiger partial charge in [0.05, 0.1) is 11.3 Å². The van der Waals surface area contributed by atoms with E-state index in [4.69, 9.17) is 11.6 Å². The molecule has 0 bridgehead atoms. The van der Waals surface area contributed by atoms with E-state index >= 15 is 0 Å². The summed E-state index contributed by atoms with van der Waals surface area (Å²) in [4.78, 5) is 16.7. The molecule has 5 heteroatoms. The van der Waals surface area contributed by atoms with Gasteiger partial charge >= 0.3 is 0 Å². The van der Waals surface area contributed by atoms with E-state index in [-0.39, 0.29) is 12.1 Å². The van der Waals surface area contributed by atoms with Crippen molar-refractivity contribution in [2.24, 2.45) is 0 Å². The van der Waals surface area contributed by atoms with Crippen LogP contribution in [-0.4, -0.2) is 29.5 Å². The predicted molar refractivity (Wildman–Crippen MR) is 100 cm³/mol. The number of rotatable bonds is 2. The van der Waals surface area contributed by atoms with Crippen molar-refractivity contribution in [3.63, 3.8) is 0 Å². The van der Waals surface area contributed by atoms with Crippen molar-refractivity contribution in [2.75, 3.05) is 19.0 Å². The number of anilines is 1. The standard InChI is InChI=1S/C20H18ClN3O/c1-22-18-9-4-3-8-17(18)20(25)23(2)19(22)14-10-11-24(13-14)16-7-5-6-15(21)12-16/h3-13,19H,1-2H3/t19-/m0/s1. The summed E-state index contributed by atoms with van der Waals surface area (Å²) in [5.41, 5.74) is 3.73. The maximum absolute atomic E-state index is 12.7. The van der Waals surface area contributed by atoms with Gasteiger partial charge in [-0.25, -0.2) is 0 Å². The number of carbonyl (C=O) groups is 1. The number of aromatic nitrogens is 1. The van der Waals surface area contributed by atoms with Gasteiger partial charge in [-0.2, -0.15) is 0 Å². The number of hydrogen-bond donors (Lipinski definition) is 0. The van der Waals surface area contributed by atoms with E-state index in [0.29, 0.717) is 5.02 Å². The molecule has 3 aromatic rings. The van der Waals surface area contributed by atoms with Gasteiger partial charge in [0.15, 0.2) is 0 Å². The third-order valence-corrected chi connectivity index (χ3v) is 4.92. The van der Waals surface area contributed by atoms with Gasteiger partial charge in [0.25, 0.3) is 5.91 Å². The van der Waals surface area contributed by atoms with Crippen molar-refractivity contribution in [2.45, 2.75) is 6.17 Å². The summed E-state index contributed by atoms with van der Waals surface area (Å²) in [5, 5.41) is 0.698. The third-order valence-electron chi connectivity index (χ3n) is 4.69. The van der Waals surface area contributed by atoms with Gasteiger partial charge in [-0.15, -0.1) is 0 Å². The summed E-state index contributed by atoms with van der Waals surface area (Å²) in [6.45, 7) is 0. The number of carbonyl (C=O) groups excluding carboxylic acids is 1. The monoisotopic (exact) mass is 351 g/mol. The molecule has 2 heterocycles. The molecule has 0 radical (unpaired) electrons. The van der Waals surface area contributed by atoms with Crippen LogP contribution in [0.5, 0.6) is 0 Å². The van der Waals surface area contributed by atoms with Gasteiger partial charge in [-0.3, -0.25) is 4.79 Å². The normalized spacial score (nSPS) is 16.9. The Labute approximate surface area is 151 Å². The van der Waals surface area contributed by atoms with Gasteiger partial charge in [0.2, 0.25) is 0 Å². The highest BCUT2D eigenvalue weighted by molar-refractivity contribution is 6.30. The number of halogens is 1. The summed E-state index contributed by atoms with van der Waals surface area (Å²) < 4.78 is 2.02. The Morgan fingerprint density at radius 1 is 0.960 bits per heavy atom. The fraction of sp³-hybridized carbons (Fsp3) is 0.150. The Bertz CT molecular complexity index is 949. The molecule has 4 nitrogen and oxygen atoms in total. The lowest BCUT2D eigenvalue weighted by Gasteiger charge is -2.41. The Morgan fingerprint density at radius 2 is 1.76 bits per heavy atom. The molecule has 2 aromatic carbocycles. The number of hydrogen-bond acceptors (Lipinski definition) is 2. The molecule has 0 saturated heterocycles. The van der Waals surface area contributed by atoms with Crippen molar-refractivity contribution in [1.82, 2.24) is 9.47 Å². The largest absolute Gasteiger partial charge is 0.350 e. The summed E-state index contributed by atoms with van der Waals surface area (Å²) in [6.07, 6.45) is 3.89. The van der Waals surface area contributed by atoms with E-state index in [0.717, 1.165) is 22.5 Å². The molecule has 126 valence electrons. The van der Waals surface area contributed by atoms with Crippen molar-refractivity contribution in [1.29, 1.82) is 0 Å². The molecule has 1 aromatic heterocycles. The number of para-hydroxylation sites is 1. The molecule has 1 aliphatic heterocycles. The quantitative estimate of drug-likeness (QED) is 0.686. The minimum atomic E-state index is -0.150. The van der Waals surface area contributed by atoms with E-state index in [2.05, 4.69) is 4.90 Å².